The Morgan fingerprint density at radius 1 is 1.16 bits per heavy atom. The van der Waals surface area contributed by atoms with E-state index in [1.165, 1.54) is 6.07 Å². The van der Waals surface area contributed by atoms with Crippen molar-refractivity contribution in [3.05, 3.63) is 53.1 Å². The second kappa shape index (κ2) is 5.11. The van der Waals surface area contributed by atoms with Crippen LogP contribution in [0.1, 0.15) is 5.56 Å². The molecule has 2 aromatic carbocycles. The maximum Gasteiger partial charge on any atom is 0.262 e. The van der Waals surface area contributed by atoms with Gasteiger partial charge in [-0.15, -0.1) is 0 Å². The molecule has 0 aliphatic carbocycles. The summed E-state index contributed by atoms with van der Waals surface area (Å²) in [7, 11) is -3.67. The average Bonchev–Trinajstić information content (AvgIpc) is 2.32. The van der Waals surface area contributed by atoms with Crippen LogP contribution in [-0.2, 0) is 10.0 Å². The topological polar surface area (TPSA) is 72.2 Å². The van der Waals surface area contributed by atoms with E-state index in [0.717, 1.165) is 0 Å². The Morgan fingerprint density at radius 2 is 1.84 bits per heavy atom. The lowest BCUT2D eigenvalue weighted by Gasteiger charge is -2.11. The lowest BCUT2D eigenvalue weighted by Crippen LogP contribution is -2.14. The number of anilines is 2. The number of rotatable bonds is 3. The van der Waals surface area contributed by atoms with Crippen molar-refractivity contribution < 1.29 is 8.42 Å². The SMILES string of the molecule is Cc1c(Cl)cccc1S(=O)(=O)Nc1cccc(N)c1. The highest BCUT2D eigenvalue weighted by atomic mass is 35.5. The lowest BCUT2D eigenvalue weighted by atomic mass is 10.2. The highest BCUT2D eigenvalue weighted by molar-refractivity contribution is 7.92. The quantitative estimate of drug-likeness (QED) is 0.855. The van der Waals surface area contributed by atoms with Gasteiger partial charge in [-0.25, -0.2) is 8.42 Å². The molecule has 0 aliphatic heterocycles. The molecule has 2 rings (SSSR count). The predicted octanol–water partition coefficient (Wildman–Crippen LogP) is 3.03. The summed E-state index contributed by atoms with van der Waals surface area (Å²) in [6, 6.07) is 11.3. The molecule has 0 fully saturated rings. The molecule has 0 radical (unpaired) electrons. The minimum absolute atomic E-state index is 0.155. The van der Waals surface area contributed by atoms with Crippen LogP contribution in [0.15, 0.2) is 47.4 Å². The summed E-state index contributed by atoms with van der Waals surface area (Å²) in [6.45, 7) is 1.66. The van der Waals surface area contributed by atoms with Gasteiger partial charge in [-0.3, -0.25) is 4.72 Å². The summed E-state index contributed by atoms with van der Waals surface area (Å²) in [5.74, 6) is 0. The standard InChI is InChI=1S/C13H13ClN2O2S/c1-9-12(14)6-3-7-13(9)19(17,18)16-11-5-2-4-10(15)8-11/h2-8,16H,15H2,1H3. The van der Waals surface area contributed by atoms with Gasteiger partial charge in [0, 0.05) is 10.7 Å². The Bertz CT molecular complexity index is 714. The van der Waals surface area contributed by atoms with E-state index < -0.39 is 10.0 Å². The summed E-state index contributed by atoms with van der Waals surface area (Å²) in [4.78, 5) is 0.155. The van der Waals surface area contributed by atoms with E-state index in [1.807, 2.05) is 0 Å². The molecule has 0 saturated heterocycles. The number of nitrogens with one attached hydrogen (secondary N) is 1. The molecule has 0 unspecified atom stereocenters. The van der Waals surface area contributed by atoms with Gasteiger partial charge in [-0.1, -0.05) is 23.7 Å². The van der Waals surface area contributed by atoms with Crippen LogP contribution in [0.2, 0.25) is 5.02 Å². The number of halogens is 1. The van der Waals surface area contributed by atoms with Gasteiger partial charge in [0.25, 0.3) is 10.0 Å². The monoisotopic (exact) mass is 296 g/mol. The third-order valence-corrected chi connectivity index (χ3v) is 4.58. The van der Waals surface area contributed by atoms with E-state index in [1.54, 1.807) is 43.3 Å². The van der Waals surface area contributed by atoms with Crippen molar-refractivity contribution in [1.82, 2.24) is 0 Å². The summed E-state index contributed by atoms with van der Waals surface area (Å²) < 4.78 is 27.0. The predicted molar refractivity (Wildman–Crippen MR) is 77.9 cm³/mol. The van der Waals surface area contributed by atoms with Crippen LogP contribution in [0, 0.1) is 6.92 Å². The summed E-state index contributed by atoms with van der Waals surface area (Å²) in [5, 5.41) is 0.412. The fourth-order valence-corrected chi connectivity index (χ4v) is 3.24. The normalized spacial score (nSPS) is 11.3. The Hall–Kier alpha value is -1.72. The van der Waals surface area contributed by atoms with E-state index in [2.05, 4.69) is 4.72 Å². The van der Waals surface area contributed by atoms with E-state index in [0.29, 0.717) is 22.0 Å². The fraction of sp³-hybridized carbons (Fsp3) is 0.0769. The molecule has 0 amide bonds. The van der Waals surface area contributed by atoms with Crippen LogP contribution in [0.3, 0.4) is 0 Å². The molecule has 6 heteroatoms. The molecule has 0 bridgehead atoms. The van der Waals surface area contributed by atoms with Crippen LogP contribution in [0.5, 0.6) is 0 Å². The van der Waals surface area contributed by atoms with Gasteiger partial charge in [0.2, 0.25) is 0 Å². The molecule has 3 N–H and O–H groups in total. The van der Waals surface area contributed by atoms with Crippen molar-refractivity contribution in [1.29, 1.82) is 0 Å². The zero-order chi connectivity index (χ0) is 14.0. The first-order chi connectivity index (χ1) is 8.90. The zero-order valence-corrected chi connectivity index (χ0v) is 11.8. The third kappa shape index (κ3) is 3.00. The number of nitrogen functional groups attached to an aromatic ring is 1. The van der Waals surface area contributed by atoms with Gasteiger partial charge in [0.05, 0.1) is 10.6 Å². The van der Waals surface area contributed by atoms with E-state index in [4.69, 9.17) is 17.3 Å². The summed E-state index contributed by atoms with van der Waals surface area (Å²) in [5.41, 5.74) is 7.03. The highest BCUT2D eigenvalue weighted by Gasteiger charge is 2.18. The molecule has 4 nitrogen and oxygen atoms in total. The van der Waals surface area contributed by atoms with Crippen molar-refractivity contribution in [2.45, 2.75) is 11.8 Å². The minimum atomic E-state index is -3.67. The molecule has 0 spiro atoms. The van der Waals surface area contributed by atoms with Gasteiger partial charge >= 0.3 is 0 Å². The molecule has 2 aromatic rings. The van der Waals surface area contributed by atoms with Crippen LogP contribution < -0.4 is 10.5 Å². The smallest absolute Gasteiger partial charge is 0.262 e. The third-order valence-electron chi connectivity index (χ3n) is 2.65. The van der Waals surface area contributed by atoms with Gasteiger partial charge in [0.1, 0.15) is 0 Å². The van der Waals surface area contributed by atoms with Gasteiger partial charge in [-0.2, -0.15) is 0 Å². The Labute approximate surface area is 117 Å². The summed E-state index contributed by atoms with van der Waals surface area (Å²) in [6.07, 6.45) is 0. The first kappa shape index (κ1) is 13.7. The number of nitrogens with two attached hydrogens (primary N) is 1. The Balaban J connectivity index is 2.41. The molecule has 0 aliphatic rings. The van der Waals surface area contributed by atoms with Gasteiger partial charge in [0.15, 0.2) is 0 Å². The second-order valence-electron chi connectivity index (χ2n) is 4.09. The average molecular weight is 297 g/mol. The number of hydrogen-bond acceptors (Lipinski definition) is 3. The van der Waals surface area contributed by atoms with Gasteiger partial charge in [-0.05, 0) is 42.8 Å². The van der Waals surface area contributed by atoms with Crippen LogP contribution in [0.25, 0.3) is 0 Å². The zero-order valence-electron chi connectivity index (χ0n) is 10.2. The van der Waals surface area contributed by atoms with Crippen molar-refractivity contribution in [3.63, 3.8) is 0 Å². The largest absolute Gasteiger partial charge is 0.399 e. The fourth-order valence-electron chi connectivity index (χ4n) is 1.69. The molecule has 19 heavy (non-hydrogen) atoms. The molecule has 0 saturated carbocycles. The van der Waals surface area contributed by atoms with E-state index in [9.17, 15) is 8.42 Å². The van der Waals surface area contributed by atoms with Gasteiger partial charge < -0.3 is 5.73 Å². The number of benzene rings is 2. The van der Waals surface area contributed by atoms with Crippen LogP contribution in [-0.4, -0.2) is 8.42 Å². The van der Waals surface area contributed by atoms with E-state index in [-0.39, 0.29) is 4.90 Å². The molecular formula is C13H13ClN2O2S. The number of sulfonamides is 1. The van der Waals surface area contributed by atoms with Crippen LogP contribution in [0.4, 0.5) is 11.4 Å². The lowest BCUT2D eigenvalue weighted by molar-refractivity contribution is 0.600. The molecule has 100 valence electrons. The van der Waals surface area contributed by atoms with Crippen molar-refractivity contribution in [2.24, 2.45) is 0 Å². The molecule has 0 aromatic heterocycles. The van der Waals surface area contributed by atoms with Crippen molar-refractivity contribution in [3.8, 4) is 0 Å². The maximum atomic E-state index is 12.3. The molecule has 0 atom stereocenters. The second-order valence-corrected chi connectivity index (χ2v) is 6.15. The molecular weight excluding hydrogens is 284 g/mol. The minimum Gasteiger partial charge on any atom is -0.399 e. The Morgan fingerprint density at radius 3 is 2.53 bits per heavy atom. The highest BCUT2D eigenvalue weighted by Crippen LogP contribution is 2.25. The molecule has 0 heterocycles. The van der Waals surface area contributed by atoms with Crippen LogP contribution >= 0.6 is 11.6 Å². The number of hydrogen-bond donors (Lipinski definition) is 2. The van der Waals surface area contributed by atoms with Crippen molar-refractivity contribution in [2.75, 3.05) is 10.5 Å². The Kier molecular flexibility index (Phi) is 3.68. The maximum absolute atomic E-state index is 12.3. The van der Waals surface area contributed by atoms with Crippen molar-refractivity contribution >= 4 is 33.0 Å². The first-order valence-corrected chi connectivity index (χ1v) is 7.40. The van der Waals surface area contributed by atoms with E-state index >= 15 is 0 Å². The summed E-state index contributed by atoms with van der Waals surface area (Å²) >= 11 is 5.94. The first-order valence-electron chi connectivity index (χ1n) is 5.53.